The molecule has 176 valence electrons. The molecule has 3 fully saturated rings. The van der Waals surface area contributed by atoms with Gasteiger partial charge in [0.25, 0.3) is 17.7 Å². The number of imide groups is 1. The average molecular weight is 463 g/mol. The lowest BCUT2D eigenvalue weighted by Gasteiger charge is -2.35. The number of carbonyl (C=O) groups excluding carboxylic acids is 4. The maximum absolute atomic E-state index is 13.0. The number of hydrogen-bond acceptors (Lipinski definition) is 5. The van der Waals surface area contributed by atoms with Gasteiger partial charge in [0.05, 0.1) is 0 Å². The molecule has 0 aromatic heterocycles. The number of aliphatic hydroxyl groups is 1. The maximum atomic E-state index is 13.0. The Balaban J connectivity index is 1.26. The van der Waals surface area contributed by atoms with Crippen molar-refractivity contribution in [1.82, 2.24) is 20.4 Å². The lowest BCUT2D eigenvalue weighted by molar-refractivity contribution is -0.143. The molecule has 0 bridgehead atoms. The first-order valence-corrected chi connectivity index (χ1v) is 11.4. The van der Waals surface area contributed by atoms with Crippen molar-refractivity contribution in [1.29, 1.82) is 0 Å². The Bertz CT molecular complexity index is 1180. The molecule has 34 heavy (non-hydrogen) atoms. The molecular weight excluding hydrogens is 436 g/mol. The number of carbonyl (C=O) groups is 4. The Hall–Kier alpha value is -3.72. The minimum atomic E-state index is -1.18. The van der Waals surface area contributed by atoms with Gasteiger partial charge in [-0.3, -0.25) is 19.7 Å². The summed E-state index contributed by atoms with van der Waals surface area (Å²) in [5.41, 5.74) is 0.634. The van der Waals surface area contributed by atoms with Gasteiger partial charge in [-0.1, -0.05) is 30.3 Å². The summed E-state index contributed by atoms with van der Waals surface area (Å²) in [5, 5.41) is 15.0. The van der Waals surface area contributed by atoms with Gasteiger partial charge in [-0.05, 0) is 54.7 Å². The fourth-order valence-corrected chi connectivity index (χ4v) is 4.48. The summed E-state index contributed by atoms with van der Waals surface area (Å²) in [7, 11) is 0. The molecule has 1 unspecified atom stereocenters. The molecule has 0 radical (unpaired) electrons. The van der Waals surface area contributed by atoms with Crippen LogP contribution in [0.15, 0.2) is 48.5 Å². The number of piperazine rings is 1. The summed E-state index contributed by atoms with van der Waals surface area (Å²) in [4.78, 5) is 52.5. The third-order valence-corrected chi connectivity index (χ3v) is 6.93. The van der Waals surface area contributed by atoms with Gasteiger partial charge < -0.3 is 20.2 Å². The summed E-state index contributed by atoms with van der Waals surface area (Å²) in [6.45, 7) is 3.35. The molecule has 3 aliphatic rings. The number of nitrogens with zero attached hydrogens (tertiary/aromatic N) is 2. The van der Waals surface area contributed by atoms with Gasteiger partial charge in [-0.15, -0.1) is 0 Å². The molecule has 3 N–H and O–H groups in total. The molecule has 0 spiro atoms. The molecule has 9 nitrogen and oxygen atoms in total. The van der Waals surface area contributed by atoms with Gasteiger partial charge in [0.2, 0.25) is 0 Å². The SMILES string of the molecule is CC1(c2cccc(-c3ccc(C(=O)N4CCN(C(=O)C5(O)CC5)CC4)cc3)c2)NC(=O)NC1=O. The number of benzene rings is 2. The third-order valence-electron chi connectivity index (χ3n) is 6.93. The molecule has 2 heterocycles. The fourth-order valence-electron chi connectivity index (χ4n) is 4.48. The highest BCUT2D eigenvalue weighted by Gasteiger charge is 2.50. The molecule has 2 aromatic rings. The van der Waals surface area contributed by atoms with E-state index in [9.17, 15) is 24.3 Å². The van der Waals surface area contributed by atoms with Crippen LogP contribution in [0, 0.1) is 0 Å². The number of rotatable bonds is 4. The van der Waals surface area contributed by atoms with Gasteiger partial charge in [0.1, 0.15) is 11.1 Å². The van der Waals surface area contributed by atoms with E-state index in [1.54, 1.807) is 34.9 Å². The molecule has 1 saturated carbocycles. The molecule has 5 amide bonds. The van der Waals surface area contributed by atoms with E-state index >= 15 is 0 Å². The van der Waals surface area contributed by atoms with Crippen LogP contribution in [0.25, 0.3) is 11.1 Å². The van der Waals surface area contributed by atoms with Crippen LogP contribution in [0.4, 0.5) is 4.79 Å². The van der Waals surface area contributed by atoms with Crippen molar-refractivity contribution in [2.75, 3.05) is 26.2 Å². The van der Waals surface area contributed by atoms with Gasteiger partial charge in [0, 0.05) is 31.7 Å². The van der Waals surface area contributed by atoms with Crippen LogP contribution in [-0.4, -0.2) is 70.4 Å². The number of urea groups is 1. The standard InChI is InChI=1S/C25H26N4O5/c1-24(21(31)26-23(33)27-24)19-4-2-3-18(15-19)16-5-7-17(8-6-16)20(30)28-11-13-29(14-12-28)22(32)25(34)9-10-25/h2-8,15,34H,9-14H2,1H3,(H2,26,27,31,33). The molecule has 2 aliphatic heterocycles. The molecule has 5 rings (SSSR count). The average Bonchev–Trinajstić information content (AvgIpc) is 3.55. The first-order chi connectivity index (χ1) is 16.2. The molecule has 1 aliphatic carbocycles. The Morgan fingerprint density at radius 3 is 2.15 bits per heavy atom. The molecule has 2 saturated heterocycles. The van der Waals surface area contributed by atoms with Crippen molar-refractivity contribution >= 4 is 23.8 Å². The van der Waals surface area contributed by atoms with Crippen molar-refractivity contribution in [2.24, 2.45) is 0 Å². The Labute approximate surface area is 196 Å². The van der Waals surface area contributed by atoms with E-state index in [1.807, 2.05) is 30.3 Å². The minimum Gasteiger partial charge on any atom is -0.380 e. The predicted octanol–water partition coefficient (Wildman–Crippen LogP) is 1.22. The van der Waals surface area contributed by atoms with Crippen molar-refractivity contribution in [2.45, 2.75) is 30.9 Å². The number of hydrogen-bond donors (Lipinski definition) is 3. The maximum Gasteiger partial charge on any atom is 0.322 e. The van der Waals surface area contributed by atoms with E-state index in [1.165, 1.54) is 0 Å². The van der Waals surface area contributed by atoms with E-state index in [-0.39, 0.29) is 11.8 Å². The van der Waals surface area contributed by atoms with Crippen LogP contribution < -0.4 is 10.6 Å². The molecule has 9 heteroatoms. The minimum absolute atomic E-state index is 0.101. The highest BCUT2D eigenvalue weighted by atomic mass is 16.3. The Morgan fingerprint density at radius 2 is 1.56 bits per heavy atom. The van der Waals surface area contributed by atoms with Crippen LogP contribution in [0.2, 0.25) is 0 Å². The van der Waals surface area contributed by atoms with Crippen LogP contribution in [0.1, 0.15) is 35.7 Å². The van der Waals surface area contributed by atoms with Crippen molar-refractivity contribution in [3.05, 3.63) is 59.7 Å². The van der Waals surface area contributed by atoms with E-state index in [0.717, 1.165) is 11.1 Å². The van der Waals surface area contributed by atoms with E-state index in [0.29, 0.717) is 50.1 Å². The zero-order valence-corrected chi connectivity index (χ0v) is 18.8. The second-order valence-corrected chi connectivity index (χ2v) is 9.31. The smallest absolute Gasteiger partial charge is 0.322 e. The van der Waals surface area contributed by atoms with E-state index in [2.05, 4.69) is 10.6 Å². The number of amides is 5. The lowest BCUT2D eigenvalue weighted by Crippen LogP contribution is -2.53. The van der Waals surface area contributed by atoms with Crippen molar-refractivity contribution in [3.63, 3.8) is 0 Å². The second kappa shape index (κ2) is 7.95. The molecular formula is C25H26N4O5. The Morgan fingerprint density at radius 1 is 0.912 bits per heavy atom. The van der Waals surface area contributed by atoms with Crippen molar-refractivity contribution < 1.29 is 24.3 Å². The summed E-state index contributed by atoms with van der Waals surface area (Å²) < 4.78 is 0. The van der Waals surface area contributed by atoms with Crippen LogP contribution in [0.5, 0.6) is 0 Å². The van der Waals surface area contributed by atoms with E-state index < -0.39 is 23.1 Å². The molecule has 1 atom stereocenters. The third kappa shape index (κ3) is 3.81. The monoisotopic (exact) mass is 462 g/mol. The van der Waals surface area contributed by atoms with Crippen LogP contribution in [0.3, 0.4) is 0 Å². The van der Waals surface area contributed by atoms with E-state index in [4.69, 9.17) is 0 Å². The summed E-state index contributed by atoms with van der Waals surface area (Å²) in [5.74, 6) is -0.728. The van der Waals surface area contributed by atoms with Crippen LogP contribution in [-0.2, 0) is 15.1 Å². The van der Waals surface area contributed by atoms with Crippen molar-refractivity contribution in [3.8, 4) is 11.1 Å². The molecule has 2 aromatic carbocycles. The quantitative estimate of drug-likeness (QED) is 0.591. The second-order valence-electron chi connectivity index (χ2n) is 9.31. The highest BCUT2D eigenvalue weighted by molar-refractivity contribution is 6.07. The summed E-state index contributed by atoms with van der Waals surface area (Å²) >= 11 is 0. The van der Waals surface area contributed by atoms with Gasteiger partial charge in [0.15, 0.2) is 0 Å². The summed E-state index contributed by atoms with van der Waals surface area (Å²) in [6, 6.07) is 14.1. The van der Waals surface area contributed by atoms with Gasteiger partial charge >= 0.3 is 6.03 Å². The fraction of sp³-hybridized carbons (Fsp3) is 0.360. The topological polar surface area (TPSA) is 119 Å². The van der Waals surface area contributed by atoms with Gasteiger partial charge in [-0.2, -0.15) is 0 Å². The highest BCUT2D eigenvalue weighted by Crippen LogP contribution is 2.37. The zero-order chi connectivity index (χ0) is 24.1. The first-order valence-electron chi connectivity index (χ1n) is 11.4. The predicted molar refractivity (Wildman–Crippen MR) is 123 cm³/mol. The lowest BCUT2D eigenvalue weighted by atomic mass is 9.89. The first kappa shape index (κ1) is 22.1. The van der Waals surface area contributed by atoms with Gasteiger partial charge in [-0.25, -0.2) is 4.79 Å². The van der Waals surface area contributed by atoms with Crippen LogP contribution >= 0.6 is 0 Å². The zero-order valence-electron chi connectivity index (χ0n) is 18.8. The largest absolute Gasteiger partial charge is 0.380 e. The summed E-state index contributed by atoms with van der Waals surface area (Å²) in [6.07, 6.45) is 1.03. The Kier molecular flexibility index (Phi) is 5.16. The number of nitrogens with one attached hydrogen (secondary N) is 2. The normalized spacial score (nSPS) is 23.4.